The van der Waals surface area contributed by atoms with Crippen molar-refractivity contribution in [1.29, 1.82) is 0 Å². The molecule has 0 aromatic heterocycles. The first-order valence-electron chi connectivity index (χ1n) is 6.06. The number of anilines is 1. The highest BCUT2D eigenvalue weighted by atomic mass is 19.1. The fourth-order valence-corrected chi connectivity index (χ4v) is 2.30. The molecule has 1 N–H and O–H groups in total. The molecule has 2 rings (SSSR count). The average Bonchev–Trinajstić information content (AvgIpc) is 2.34. The van der Waals surface area contributed by atoms with Gasteiger partial charge in [-0.15, -0.1) is 0 Å². The summed E-state index contributed by atoms with van der Waals surface area (Å²) in [6, 6.07) is 2.83. The molecule has 0 amide bonds. The second-order valence-electron chi connectivity index (χ2n) is 4.51. The zero-order valence-corrected chi connectivity index (χ0v) is 10.3. The molecule has 0 saturated carbocycles. The van der Waals surface area contributed by atoms with Gasteiger partial charge in [0.25, 0.3) is 0 Å². The summed E-state index contributed by atoms with van der Waals surface area (Å²) in [5.41, 5.74) is 0.746. The number of rotatable bonds is 2. The lowest BCUT2D eigenvalue weighted by molar-refractivity contribution is 0.457. The molecule has 1 fully saturated rings. The van der Waals surface area contributed by atoms with Gasteiger partial charge >= 0.3 is 0 Å². The number of hydrogen-bond acceptors (Lipinski definition) is 2. The molecule has 1 aliphatic heterocycles. The van der Waals surface area contributed by atoms with Crippen molar-refractivity contribution in [2.45, 2.75) is 26.3 Å². The maximum atomic E-state index is 13.9. The van der Waals surface area contributed by atoms with Gasteiger partial charge in [-0.05, 0) is 25.0 Å². The van der Waals surface area contributed by atoms with Crippen molar-refractivity contribution in [2.24, 2.45) is 0 Å². The number of nitrogens with one attached hydrogen (secondary N) is 1. The molecule has 1 heterocycles. The molecular formula is C13H18F2N2. The Morgan fingerprint density at radius 3 is 2.82 bits per heavy atom. The molecule has 0 bridgehead atoms. The highest BCUT2D eigenvalue weighted by Crippen LogP contribution is 2.26. The van der Waals surface area contributed by atoms with Crippen LogP contribution in [0.4, 0.5) is 14.5 Å². The van der Waals surface area contributed by atoms with Crippen LogP contribution in [0.5, 0.6) is 0 Å². The quantitative estimate of drug-likeness (QED) is 0.854. The van der Waals surface area contributed by atoms with E-state index in [0.717, 1.165) is 26.1 Å². The fourth-order valence-electron chi connectivity index (χ4n) is 2.30. The summed E-state index contributed by atoms with van der Waals surface area (Å²) in [4.78, 5) is 1.97. The van der Waals surface area contributed by atoms with E-state index < -0.39 is 0 Å². The lowest BCUT2D eigenvalue weighted by Gasteiger charge is -2.37. The molecule has 2 nitrogen and oxygen atoms in total. The Morgan fingerprint density at radius 1 is 1.35 bits per heavy atom. The third-order valence-corrected chi connectivity index (χ3v) is 3.36. The van der Waals surface area contributed by atoms with Crippen molar-refractivity contribution in [3.63, 3.8) is 0 Å². The second kappa shape index (κ2) is 5.00. The van der Waals surface area contributed by atoms with Gasteiger partial charge in [-0.25, -0.2) is 8.78 Å². The van der Waals surface area contributed by atoms with Crippen LogP contribution in [0.15, 0.2) is 12.1 Å². The molecule has 1 aromatic rings. The van der Waals surface area contributed by atoms with Crippen LogP contribution >= 0.6 is 0 Å². The molecule has 0 radical (unpaired) electrons. The standard InChI is InChI=1S/C13H18F2N2/c1-3-10-8-16-4-5-17(10)13-7-11(14)9(2)6-12(13)15/h6-7,10,16H,3-5,8H2,1-2H3. The van der Waals surface area contributed by atoms with E-state index in [4.69, 9.17) is 0 Å². The molecule has 1 aliphatic rings. The Hall–Kier alpha value is -1.16. The maximum absolute atomic E-state index is 13.9. The minimum absolute atomic E-state index is 0.236. The Bertz CT molecular complexity index is 407. The first kappa shape index (κ1) is 12.3. The van der Waals surface area contributed by atoms with Crippen molar-refractivity contribution in [3.8, 4) is 0 Å². The largest absolute Gasteiger partial charge is 0.364 e. The zero-order valence-electron chi connectivity index (χ0n) is 10.3. The van der Waals surface area contributed by atoms with E-state index >= 15 is 0 Å². The smallest absolute Gasteiger partial charge is 0.146 e. The van der Waals surface area contributed by atoms with Crippen molar-refractivity contribution in [1.82, 2.24) is 5.32 Å². The van der Waals surface area contributed by atoms with Crippen molar-refractivity contribution in [3.05, 3.63) is 29.3 Å². The van der Waals surface area contributed by atoms with Gasteiger partial charge in [-0.3, -0.25) is 0 Å². The van der Waals surface area contributed by atoms with Gasteiger partial charge in [0.05, 0.1) is 5.69 Å². The molecule has 1 saturated heterocycles. The van der Waals surface area contributed by atoms with Crippen LogP contribution in [0, 0.1) is 18.6 Å². The number of piperazine rings is 1. The highest BCUT2D eigenvalue weighted by molar-refractivity contribution is 5.51. The summed E-state index contributed by atoms with van der Waals surface area (Å²) in [7, 11) is 0. The van der Waals surface area contributed by atoms with E-state index in [2.05, 4.69) is 12.2 Å². The highest BCUT2D eigenvalue weighted by Gasteiger charge is 2.23. The Labute approximate surface area is 101 Å². The molecule has 0 spiro atoms. The van der Waals surface area contributed by atoms with Gasteiger partial charge in [-0.1, -0.05) is 6.92 Å². The predicted molar refractivity (Wildman–Crippen MR) is 65.4 cm³/mol. The first-order valence-corrected chi connectivity index (χ1v) is 6.06. The van der Waals surface area contributed by atoms with Crippen LogP contribution in [-0.4, -0.2) is 25.7 Å². The molecule has 4 heteroatoms. The predicted octanol–water partition coefficient (Wildman–Crippen LogP) is 2.46. The van der Waals surface area contributed by atoms with Crippen LogP contribution in [0.25, 0.3) is 0 Å². The summed E-state index contributed by atoms with van der Waals surface area (Å²) in [6.45, 7) is 6.00. The Morgan fingerprint density at radius 2 is 2.12 bits per heavy atom. The van der Waals surface area contributed by atoms with Crippen LogP contribution < -0.4 is 10.2 Å². The van der Waals surface area contributed by atoms with Gasteiger partial charge < -0.3 is 10.2 Å². The van der Waals surface area contributed by atoms with Crippen LogP contribution in [-0.2, 0) is 0 Å². The van der Waals surface area contributed by atoms with E-state index in [0.29, 0.717) is 11.3 Å². The van der Waals surface area contributed by atoms with Crippen molar-refractivity contribution < 1.29 is 8.78 Å². The second-order valence-corrected chi connectivity index (χ2v) is 4.51. The number of hydrogen-bond donors (Lipinski definition) is 1. The van der Waals surface area contributed by atoms with E-state index in [1.165, 1.54) is 12.1 Å². The van der Waals surface area contributed by atoms with Gasteiger partial charge in [0.2, 0.25) is 0 Å². The number of nitrogens with zero attached hydrogens (tertiary/aromatic N) is 1. The molecular weight excluding hydrogens is 222 g/mol. The molecule has 1 aromatic carbocycles. The summed E-state index contributed by atoms with van der Waals surface area (Å²) >= 11 is 0. The monoisotopic (exact) mass is 240 g/mol. The Kier molecular flexibility index (Phi) is 3.62. The number of halogens is 2. The van der Waals surface area contributed by atoms with Gasteiger partial charge in [-0.2, -0.15) is 0 Å². The molecule has 0 aliphatic carbocycles. The van der Waals surface area contributed by atoms with Gasteiger partial charge in [0, 0.05) is 31.7 Å². The first-order chi connectivity index (χ1) is 8.13. The van der Waals surface area contributed by atoms with E-state index in [9.17, 15) is 8.78 Å². The minimum Gasteiger partial charge on any atom is -0.364 e. The van der Waals surface area contributed by atoms with Crippen LogP contribution in [0.1, 0.15) is 18.9 Å². The summed E-state index contributed by atoms with van der Waals surface area (Å²) < 4.78 is 27.4. The number of benzene rings is 1. The topological polar surface area (TPSA) is 15.3 Å². The zero-order chi connectivity index (χ0) is 12.4. The lowest BCUT2D eigenvalue weighted by atomic mass is 10.1. The minimum atomic E-state index is -0.338. The summed E-state index contributed by atoms with van der Waals surface area (Å²) in [5, 5.41) is 3.27. The van der Waals surface area contributed by atoms with E-state index in [1.54, 1.807) is 6.92 Å². The van der Waals surface area contributed by atoms with Gasteiger partial charge in [0.1, 0.15) is 11.6 Å². The Balaban J connectivity index is 2.34. The van der Waals surface area contributed by atoms with Crippen molar-refractivity contribution in [2.75, 3.05) is 24.5 Å². The average molecular weight is 240 g/mol. The van der Waals surface area contributed by atoms with Crippen LogP contribution in [0.2, 0.25) is 0 Å². The SMILES string of the molecule is CCC1CNCCN1c1cc(F)c(C)cc1F. The summed E-state index contributed by atoms with van der Waals surface area (Å²) in [5.74, 6) is -0.668. The number of aryl methyl sites for hydroxylation is 1. The molecule has 17 heavy (non-hydrogen) atoms. The van der Waals surface area contributed by atoms with Gasteiger partial charge in [0.15, 0.2) is 0 Å². The maximum Gasteiger partial charge on any atom is 0.146 e. The lowest BCUT2D eigenvalue weighted by Crippen LogP contribution is -2.51. The van der Waals surface area contributed by atoms with Crippen molar-refractivity contribution >= 4 is 5.69 Å². The van der Waals surface area contributed by atoms with E-state index in [-0.39, 0.29) is 17.7 Å². The normalized spacial score (nSPS) is 20.7. The van der Waals surface area contributed by atoms with Crippen LogP contribution in [0.3, 0.4) is 0 Å². The summed E-state index contributed by atoms with van der Waals surface area (Å²) in [6.07, 6.45) is 0.919. The third-order valence-electron chi connectivity index (χ3n) is 3.36. The molecule has 94 valence electrons. The van der Waals surface area contributed by atoms with E-state index in [1.807, 2.05) is 4.90 Å². The third kappa shape index (κ3) is 2.41. The molecule has 1 atom stereocenters. The molecule has 1 unspecified atom stereocenters. The fraction of sp³-hybridized carbons (Fsp3) is 0.538.